The summed E-state index contributed by atoms with van der Waals surface area (Å²) < 4.78 is 0. The molecule has 0 fully saturated rings. The Hall–Kier alpha value is -2.41. The molecule has 2 aromatic carbocycles. The van der Waals surface area contributed by atoms with Crippen LogP contribution >= 0.6 is 0 Å². The van der Waals surface area contributed by atoms with E-state index in [-0.39, 0.29) is 11.4 Å². The Morgan fingerprint density at radius 3 is 1.26 bits per heavy atom. The van der Waals surface area contributed by atoms with Crippen molar-refractivity contribution in [3.8, 4) is 0 Å². The minimum Gasteiger partial charge on any atom is -0.258 e. The van der Waals surface area contributed by atoms with Crippen LogP contribution in [0.1, 0.15) is 0 Å². The summed E-state index contributed by atoms with van der Waals surface area (Å²) in [5.41, 5.74) is 0.0882. The molecule has 0 bridgehead atoms. The van der Waals surface area contributed by atoms with Crippen LogP contribution in [0.25, 0.3) is 0 Å². The Morgan fingerprint density at radius 1 is 0.684 bits per heavy atom. The average Bonchev–Trinajstić information content (AvgIpc) is 2.40. The molecule has 2 aromatic rings. The molecule has 0 aromatic heterocycles. The van der Waals surface area contributed by atoms with Gasteiger partial charge in [-0.1, -0.05) is 0 Å². The number of hydrogen-bond acceptors (Lipinski definition) is 4. The van der Waals surface area contributed by atoms with Gasteiger partial charge in [-0.15, -0.1) is 0 Å². The summed E-state index contributed by atoms with van der Waals surface area (Å²) in [4.78, 5) is 21.9. The van der Waals surface area contributed by atoms with Crippen molar-refractivity contribution < 1.29 is 9.85 Å². The first-order valence-corrected chi connectivity index (χ1v) is 6.16. The Bertz CT molecular complexity index is 555. The fourth-order valence-corrected chi connectivity index (χ4v) is 2.34. The van der Waals surface area contributed by atoms with Crippen molar-refractivity contribution >= 4 is 23.1 Å². The molecule has 96 valence electrons. The minimum absolute atomic E-state index is 0.0441. The van der Waals surface area contributed by atoms with E-state index in [4.69, 9.17) is 0 Å². The number of nitro benzene ring substituents is 2. The Kier molecular flexibility index (Phi) is 3.76. The van der Waals surface area contributed by atoms with Crippen LogP contribution in [-0.4, -0.2) is 9.85 Å². The van der Waals surface area contributed by atoms with Crippen LogP contribution in [0, 0.1) is 20.2 Å². The number of rotatable bonds is 4. The fourth-order valence-electron chi connectivity index (χ4n) is 1.45. The van der Waals surface area contributed by atoms with E-state index in [9.17, 15) is 20.2 Å². The maximum Gasteiger partial charge on any atom is 0.269 e. The van der Waals surface area contributed by atoms with E-state index in [2.05, 4.69) is 0 Å². The molecule has 0 heterocycles. The molecule has 0 radical (unpaired) electrons. The number of nitro groups is 2. The van der Waals surface area contributed by atoms with Gasteiger partial charge in [-0.3, -0.25) is 20.2 Å². The van der Waals surface area contributed by atoms with Crippen molar-refractivity contribution in [2.24, 2.45) is 0 Å². The number of thiol groups is 1. The summed E-state index contributed by atoms with van der Waals surface area (Å²) in [6, 6.07) is 12.4. The molecule has 0 saturated carbocycles. The van der Waals surface area contributed by atoms with Gasteiger partial charge in [-0.2, -0.15) is 0 Å². The van der Waals surface area contributed by atoms with Crippen LogP contribution in [0.4, 0.5) is 11.4 Å². The topological polar surface area (TPSA) is 86.3 Å². The predicted octanol–water partition coefficient (Wildman–Crippen LogP) is 2.74. The molecule has 0 aliphatic carbocycles. The van der Waals surface area contributed by atoms with E-state index in [1.54, 1.807) is 24.3 Å². The first kappa shape index (κ1) is 13.0. The van der Waals surface area contributed by atoms with Crippen molar-refractivity contribution in [3.63, 3.8) is 0 Å². The van der Waals surface area contributed by atoms with Gasteiger partial charge in [-0.25, -0.2) is 0 Å². The summed E-state index contributed by atoms with van der Waals surface area (Å²) in [5, 5.41) is 21.0. The summed E-state index contributed by atoms with van der Waals surface area (Å²) in [5.74, 6) is 0. The third-order valence-corrected chi connectivity index (χ3v) is 3.49. The standard InChI is InChI=1S/C12H8N2O4S/c15-13(16)9-1-5-11(6-2-9)19-12-7-3-10(4-8-12)14(17)18/h1-8H/p+1. The molecule has 0 saturated heterocycles. The highest BCUT2D eigenvalue weighted by molar-refractivity contribution is 7.78. The van der Waals surface area contributed by atoms with Crippen LogP contribution in [0.15, 0.2) is 58.3 Å². The molecular weight excluding hydrogens is 268 g/mol. The van der Waals surface area contributed by atoms with Gasteiger partial charge in [0, 0.05) is 60.3 Å². The normalized spacial score (nSPS) is 10.1. The van der Waals surface area contributed by atoms with E-state index in [0.717, 1.165) is 21.6 Å². The number of non-ortho nitro benzene ring substituents is 2. The fraction of sp³-hybridized carbons (Fsp3) is 0. The monoisotopic (exact) mass is 277 g/mol. The zero-order chi connectivity index (χ0) is 13.8. The van der Waals surface area contributed by atoms with Crippen LogP contribution < -0.4 is 0 Å². The van der Waals surface area contributed by atoms with Crippen molar-refractivity contribution in [1.82, 2.24) is 0 Å². The largest absolute Gasteiger partial charge is 0.269 e. The lowest BCUT2D eigenvalue weighted by atomic mass is 10.3. The lowest BCUT2D eigenvalue weighted by Crippen LogP contribution is -1.90. The first-order valence-electron chi connectivity index (χ1n) is 5.27. The second-order valence-corrected chi connectivity index (χ2v) is 4.92. The molecule has 19 heavy (non-hydrogen) atoms. The van der Waals surface area contributed by atoms with Crippen molar-refractivity contribution in [1.29, 1.82) is 0 Å². The van der Waals surface area contributed by atoms with Gasteiger partial charge < -0.3 is 0 Å². The molecule has 0 atom stereocenters. The Balaban J connectivity index is 2.12. The van der Waals surface area contributed by atoms with Gasteiger partial charge in [0.1, 0.15) is 0 Å². The SMILES string of the molecule is O=[N+]([O-])c1ccc([SH+]c2ccc([N+](=O)[O-])cc2)cc1. The Morgan fingerprint density at radius 2 is 1.00 bits per heavy atom. The molecular formula is C12H9N2O4S+. The van der Waals surface area contributed by atoms with Gasteiger partial charge in [-0.05, 0) is 0 Å². The quantitative estimate of drug-likeness (QED) is 0.372. The van der Waals surface area contributed by atoms with Crippen molar-refractivity contribution in [3.05, 3.63) is 68.8 Å². The smallest absolute Gasteiger partial charge is 0.258 e. The zero-order valence-corrected chi connectivity index (χ0v) is 10.5. The van der Waals surface area contributed by atoms with Crippen LogP contribution in [-0.2, 0) is 11.8 Å². The highest BCUT2D eigenvalue weighted by Crippen LogP contribution is 2.19. The van der Waals surface area contributed by atoms with Gasteiger partial charge in [0.2, 0.25) is 0 Å². The molecule has 7 heteroatoms. The summed E-state index contributed by atoms with van der Waals surface area (Å²) in [6.45, 7) is 0. The highest BCUT2D eigenvalue weighted by Gasteiger charge is 2.12. The third kappa shape index (κ3) is 3.29. The number of nitrogens with zero attached hydrogens (tertiary/aromatic N) is 2. The predicted molar refractivity (Wildman–Crippen MR) is 71.5 cm³/mol. The summed E-state index contributed by atoms with van der Waals surface area (Å²) >= 11 is 0.847. The number of benzene rings is 2. The minimum atomic E-state index is -0.452. The summed E-state index contributed by atoms with van der Waals surface area (Å²) in [7, 11) is 0. The molecule has 0 aliphatic heterocycles. The molecule has 0 N–H and O–H groups in total. The van der Waals surface area contributed by atoms with Crippen LogP contribution in [0.3, 0.4) is 0 Å². The average molecular weight is 277 g/mol. The maximum absolute atomic E-state index is 10.5. The van der Waals surface area contributed by atoms with Crippen LogP contribution in [0.5, 0.6) is 0 Å². The first-order chi connectivity index (χ1) is 9.06. The van der Waals surface area contributed by atoms with E-state index in [0.29, 0.717) is 0 Å². The second kappa shape index (κ2) is 5.49. The highest BCUT2D eigenvalue weighted by atomic mass is 32.2. The van der Waals surface area contributed by atoms with Gasteiger partial charge in [0.25, 0.3) is 11.4 Å². The Labute approximate surface area is 112 Å². The van der Waals surface area contributed by atoms with Crippen molar-refractivity contribution in [2.75, 3.05) is 0 Å². The van der Waals surface area contributed by atoms with E-state index >= 15 is 0 Å². The van der Waals surface area contributed by atoms with Gasteiger partial charge >= 0.3 is 0 Å². The number of hydrogen-bond donors (Lipinski definition) is 0. The molecule has 2 rings (SSSR count). The van der Waals surface area contributed by atoms with Crippen molar-refractivity contribution in [2.45, 2.75) is 9.79 Å². The molecule has 0 spiro atoms. The molecule has 0 amide bonds. The molecule has 0 unspecified atom stereocenters. The maximum atomic E-state index is 10.5. The van der Waals surface area contributed by atoms with E-state index in [1.807, 2.05) is 0 Å². The lowest BCUT2D eigenvalue weighted by Gasteiger charge is -1.94. The van der Waals surface area contributed by atoms with Gasteiger partial charge in [0.05, 0.1) is 9.85 Å². The summed E-state index contributed by atoms with van der Waals surface area (Å²) in [6.07, 6.45) is 0. The lowest BCUT2D eigenvalue weighted by molar-refractivity contribution is -0.385. The third-order valence-electron chi connectivity index (χ3n) is 2.38. The molecule has 6 nitrogen and oxygen atoms in total. The zero-order valence-electron chi connectivity index (χ0n) is 9.59. The van der Waals surface area contributed by atoms with Crippen LogP contribution in [0.2, 0.25) is 0 Å². The second-order valence-electron chi connectivity index (χ2n) is 3.66. The molecule has 0 aliphatic rings. The van der Waals surface area contributed by atoms with E-state index in [1.165, 1.54) is 24.3 Å². The van der Waals surface area contributed by atoms with Gasteiger partial charge in [0.15, 0.2) is 9.79 Å². The van der Waals surface area contributed by atoms with E-state index < -0.39 is 9.85 Å².